The van der Waals surface area contributed by atoms with Gasteiger partial charge in [-0.3, -0.25) is 4.72 Å². The Kier molecular flexibility index (Phi) is 4.56. The second-order valence-corrected chi connectivity index (χ2v) is 7.03. The van der Waals surface area contributed by atoms with Crippen LogP contribution >= 0.6 is 11.6 Å². The molecule has 0 fully saturated rings. The molecule has 0 saturated heterocycles. The predicted octanol–water partition coefficient (Wildman–Crippen LogP) is 3.22. The van der Waals surface area contributed by atoms with Crippen molar-refractivity contribution in [2.75, 3.05) is 4.72 Å². The second-order valence-electron chi connectivity index (χ2n) is 4.94. The highest BCUT2D eigenvalue weighted by Gasteiger charge is 2.16. The number of anilines is 1. The van der Waals surface area contributed by atoms with Gasteiger partial charge in [0, 0.05) is 17.3 Å². The molecule has 6 heteroatoms. The van der Waals surface area contributed by atoms with Crippen LogP contribution in [0.1, 0.15) is 16.7 Å². The van der Waals surface area contributed by atoms with Gasteiger partial charge in [0.05, 0.1) is 4.90 Å². The molecule has 0 aromatic heterocycles. The summed E-state index contributed by atoms with van der Waals surface area (Å²) in [4.78, 5) is 0.145. The number of nitrogens with two attached hydrogens (primary N) is 1. The molecule has 0 unspecified atom stereocenters. The van der Waals surface area contributed by atoms with E-state index in [4.69, 9.17) is 17.3 Å². The van der Waals surface area contributed by atoms with E-state index in [-0.39, 0.29) is 11.4 Å². The number of halogens is 1. The fourth-order valence-electron chi connectivity index (χ4n) is 2.12. The minimum atomic E-state index is -3.66. The Hall–Kier alpha value is -1.56. The molecule has 3 N–H and O–H groups in total. The van der Waals surface area contributed by atoms with Gasteiger partial charge in [0.15, 0.2) is 0 Å². The van der Waals surface area contributed by atoms with Crippen molar-refractivity contribution in [1.29, 1.82) is 0 Å². The zero-order valence-electron chi connectivity index (χ0n) is 11.9. The zero-order valence-corrected chi connectivity index (χ0v) is 13.4. The fourth-order valence-corrected chi connectivity index (χ4v) is 3.41. The van der Waals surface area contributed by atoms with E-state index < -0.39 is 10.0 Å². The number of hydrogen-bond donors (Lipinski definition) is 2. The molecule has 2 aromatic rings. The first-order chi connectivity index (χ1) is 9.81. The molecule has 0 spiro atoms. The number of benzene rings is 2. The Morgan fingerprint density at radius 3 is 2.29 bits per heavy atom. The molecule has 0 aliphatic heterocycles. The summed E-state index contributed by atoms with van der Waals surface area (Å²) in [6.07, 6.45) is 0. The van der Waals surface area contributed by atoms with Crippen LogP contribution in [0.25, 0.3) is 0 Å². The van der Waals surface area contributed by atoms with Gasteiger partial charge in [-0.05, 0) is 60.9 Å². The molecule has 0 amide bonds. The summed E-state index contributed by atoms with van der Waals surface area (Å²) in [5.74, 6) is 0. The van der Waals surface area contributed by atoms with Gasteiger partial charge in [-0.25, -0.2) is 8.42 Å². The summed E-state index contributed by atoms with van der Waals surface area (Å²) in [6.45, 7) is 4.02. The van der Waals surface area contributed by atoms with Gasteiger partial charge in [-0.1, -0.05) is 17.7 Å². The molecular weight excluding hydrogens is 308 g/mol. The first-order valence-electron chi connectivity index (χ1n) is 6.41. The van der Waals surface area contributed by atoms with Gasteiger partial charge in [-0.2, -0.15) is 0 Å². The van der Waals surface area contributed by atoms with Crippen LogP contribution in [0.5, 0.6) is 0 Å². The number of sulfonamides is 1. The van der Waals surface area contributed by atoms with Gasteiger partial charge in [0.2, 0.25) is 0 Å². The van der Waals surface area contributed by atoms with Crippen molar-refractivity contribution >= 4 is 27.3 Å². The molecular formula is C15H17ClN2O2S. The zero-order chi connectivity index (χ0) is 15.6. The number of aryl methyl sites for hydroxylation is 2. The molecule has 0 radical (unpaired) electrons. The summed E-state index contributed by atoms with van der Waals surface area (Å²) < 4.78 is 27.4. The highest BCUT2D eigenvalue weighted by atomic mass is 35.5. The normalized spacial score (nSPS) is 11.4. The van der Waals surface area contributed by atoms with Crippen LogP contribution in [-0.2, 0) is 16.6 Å². The maximum absolute atomic E-state index is 12.4. The van der Waals surface area contributed by atoms with Crippen molar-refractivity contribution in [3.63, 3.8) is 0 Å². The van der Waals surface area contributed by atoms with Crippen LogP contribution in [0.3, 0.4) is 0 Å². The van der Waals surface area contributed by atoms with E-state index in [1.807, 2.05) is 19.9 Å². The van der Waals surface area contributed by atoms with Crippen LogP contribution in [0, 0.1) is 13.8 Å². The topological polar surface area (TPSA) is 72.2 Å². The van der Waals surface area contributed by atoms with Crippen LogP contribution < -0.4 is 10.5 Å². The third-order valence-corrected chi connectivity index (χ3v) is 4.77. The number of rotatable bonds is 4. The first kappa shape index (κ1) is 15.8. The Morgan fingerprint density at radius 1 is 1.10 bits per heavy atom. The summed E-state index contributed by atoms with van der Waals surface area (Å²) in [5.41, 5.74) is 8.68. The van der Waals surface area contributed by atoms with Crippen LogP contribution in [-0.4, -0.2) is 8.42 Å². The van der Waals surface area contributed by atoms with Crippen molar-refractivity contribution in [2.24, 2.45) is 5.73 Å². The number of nitrogens with one attached hydrogen (secondary N) is 1. The summed E-state index contributed by atoms with van der Waals surface area (Å²) in [7, 11) is -3.66. The lowest BCUT2D eigenvalue weighted by molar-refractivity contribution is 0.601. The summed E-state index contributed by atoms with van der Waals surface area (Å²) in [6, 6.07) is 10.0. The average molecular weight is 325 g/mol. The van der Waals surface area contributed by atoms with E-state index in [1.54, 1.807) is 18.2 Å². The van der Waals surface area contributed by atoms with E-state index in [2.05, 4.69) is 4.72 Å². The largest absolute Gasteiger partial charge is 0.326 e. The van der Waals surface area contributed by atoms with Crippen molar-refractivity contribution in [2.45, 2.75) is 25.3 Å². The highest BCUT2D eigenvalue weighted by molar-refractivity contribution is 7.92. The molecule has 0 heterocycles. The van der Waals surface area contributed by atoms with Crippen molar-refractivity contribution in [1.82, 2.24) is 0 Å². The molecule has 21 heavy (non-hydrogen) atoms. The van der Waals surface area contributed by atoms with Crippen LogP contribution in [0.15, 0.2) is 41.3 Å². The summed E-state index contributed by atoms with van der Waals surface area (Å²) >= 11 is 5.95. The average Bonchev–Trinajstić information content (AvgIpc) is 2.37. The van der Waals surface area contributed by atoms with Crippen LogP contribution in [0.2, 0.25) is 5.02 Å². The Bertz CT molecular complexity index is 753. The predicted molar refractivity (Wildman–Crippen MR) is 86.1 cm³/mol. The SMILES string of the molecule is Cc1cc(C)cc(NS(=O)(=O)c2ccc(Cl)c(CN)c2)c1. The standard InChI is InChI=1S/C15H17ClN2O2S/c1-10-5-11(2)7-13(6-10)18-21(19,20)14-3-4-15(16)12(8-14)9-17/h3-8,18H,9,17H2,1-2H3. The molecule has 0 saturated carbocycles. The maximum atomic E-state index is 12.4. The lowest BCUT2D eigenvalue weighted by Crippen LogP contribution is -2.14. The maximum Gasteiger partial charge on any atom is 0.261 e. The Morgan fingerprint density at radius 2 is 1.71 bits per heavy atom. The third kappa shape index (κ3) is 3.75. The quantitative estimate of drug-likeness (QED) is 0.907. The number of hydrogen-bond acceptors (Lipinski definition) is 3. The molecule has 112 valence electrons. The lowest BCUT2D eigenvalue weighted by atomic mass is 10.1. The van der Waals surface area contributed by atoms with Gasteiger partial charge >= 0.3 is 0 Å². The molecule has 0 aliphatic rings. The smallest absolute Gasteiger partial charge is 0.261 e. The molecule has 4 nitrogen and oxygen atoms in total. The van der Waals surface area contributed by atoms with Gasteiger partial charge in [-0.15, -0.1) is 0 Å². The van der Waals surface area contributed by atoms with Crippen molar-refractivity contribution in [3.05, 3.63) is 58.1 Å². The Balaban J connectivity index is 2.38. The lowest BCUT2D eigenvalue weighted by Gasteiger charge is -2.11. The van der Waals surface area contributed by atoms with E-state index >= 15 is 0 Å². The first-order valence-corrected chi connectivity index (χ1v) is 8.27. The molecule has 0 aliphatic carbocycles. The van der Waals surface area contributed by atoms with Crippen molar-refractivity contribution < 1.29 is 8.42 Å². The monoisotopic (exact) mass is 324 g/mol. The van der Waals surface area contributed by atoms with Crippen LogP contribution in [0.4, 0.5) is 5.69 Å². The van der Waals surface area contributed by atoms with Gasteiger partial charge in [0.25, 0.3) is 10.0 Å². The van der Waals surface area contributed by atoms with Gasteiger partial charge in [0.1, 0.15) is 0 Å². The Labute approximate surface area is 130 Å². The van der Waals surface area contributed by atoms with E-state index in [1.165, 1.54) is 12.1 Å². The second kappa shape index (κ2) is 6.05. The van der Waals surface area contributed by atoms with Crippen molar-refractivity contribution in [3.8, 4) is 0 Å². The van der Waals surface area contributed by atoms with E-state index in [0.717, 1.165) is 11.1 Å². The minimum absolute atomic E-state index is 0.145. The highest BCUT2D eigenvalue weighted by Crippen LogP contribution is 2.23. The van der Waals surface area contributed by atoms with E-state index in [0.29, 0.717) is 16.3 Å². The fraction of sp³-hybridized carbons (Fsp3) is 0.200. The molecule has 2 aromatic carbocycles. The minimum Gasteiger partial charge on any atom is -0.326 e. The van der Waals surface area contributed by atoms with Gasteiger partial charge < -0.3 is 5.73 Å². The van der Waals surface area contributed by atoms with E-state index in [9.17, 15) is 8.42 Å². The molecule has 2 rings (SSSR count). The molecule has 0 atom stereocenters. The summed E-state index contributed by atoms with van der Waals surface area (Å²) in [5, 5.41) is 0.461. The molecule has 0 bridgehead atoms. The third-order valence-electron chi connectivity index (χ3n) is 3.02.